The van der Waals surface area contributed by atoms with Crippen LogP contribution in [0.2, 0.25) is 0 Å². The lowest BCUT2D eigenvalue weighted by Crippen LogP contribution is -2.66. The van der Waals surface area contributed by atoms with E-state index in [-0.39, 0.29) is 17.4 Å². The molecule has 0 aromatic heterocycles. The number of hydrogen-bond acceptors (Lipinski definition) is 5. The molecule has 1 aliphatic carbocycles. The second-order valence-corrected chi connectivity index (χ2v) is 6.74. The molecule has 1 heterocycles. The average Bonchev–Trinajstić information content (AvgIpc) is 2.65. The summed E-state index contributed by atoms with van der Waals surface area (Å²) in [6.07, 6.45) is 3.23. The molecule has 1 spiro atoms. The average molecular weight is 348 g/mol. The van der Waals surface area contributed by atoms with Crippen LogP contribution in [0.25, 0.3) is 0 Å². The summed E-state index contributed by atoms with van der Waals surface area (Å²) < 4.78 is 16.6. The summed E-state index contributed by atoms with van der Waals surface area (Å²) in [6, 6.07) is 7.66. The van der Waals surface area contributed by atoms with E-state index in [1.165, 1.54) is 0 Å². The minimum Gasteiger partial charge on any atom is -0.497 e. The third-order valence-corrected chi connectivity index (χ3v) is 5.46. The Morgan fingerprint density at radius 1 is 1.28 bits per heavy atom. The molecule has 1 saturated carbocycles. The normalized spacial score (nSPS) is 24.6. The van der Waals surface area contributed by atoms with Crippen molar-refractivity contribution in [2.45, 2.75) is 38.3 Å². The van der Waals surface area contributed by atoms with E-state index < -0.39 is 0 Å². The van der Waals surface area contributed by atoms with E-state index >= 15 is 0 Å². The molecule has 2 N–H and O–H groups in total. The number of nitrogens with one attached hydrogen (secondary N) is 2. The zero-order chi connectivity index (χ0) is 17.7. The SMILES string of the molecule is CCO[C@@H]1C[C@@H](NCC(=O)Nc2ccc(OC)cc2)C12CCOCC2. The first-order chi connectivity index (χ1) is 12.2. The van der Waals surface area contributed by atoms with Gasteiger partial charge in [0, 0.05) is 37.0 Å². The molecule has 1 aromatic rings. The third kappa shape index (κ3) is 3.97. The number of carbonyl (C=O) groups excluding carboxylic acids is 1. The molecule has 1 saturated heterocycles. The van der Waals surface area contributed by atoms with Gasteiger partial charge >= 0.3 is 0 Å². The predicted octanol–water partition coefficient (Wildman–Crippen LogP) is 2.20. The second kappa shape index (κ2) is 8.17. The van der Waals surface area contributed by atoms with Crippen LogP contribution in [0, 0.1) is 5.41 Å². The maximum absolute atomic E-state index is 12.2. The van der Waals surface area contributed by atoms with Crippen LogP contribution < -0.4 is 15.4 Å². The Bertz CT molecular complexity index is 569. The molecule has 25 heavy (non-hydrogen) atoms. The van der Waals surface area contributed by atoms with E-state index in [1.54, 1.807) is 7.11 Å². The van der Waals surface area contributed by atoms with Gasteiger partial charge in [0.05, 0.1) is 19.8 Å². The zero-order valence-corrected chi connectivity index (χ0v) is 15.0. The smallest absolute Gasteiger partial charge is 0.238 e. The molecule has 138 valence electrons. The standard InChI is InChI=1S/C19H28N2O4/c1-3-25-17-12-16(19(17)8-10-24-11-9-19)20-13-18(22)21-14-4-6-15(23-2)7-5-14/h4-7,16-17,20H,3,8-13H2,1-2H3,(H,21,22)/t16-,17-/m1/s1. The fraction of sp³-hybridized carbons (Fsp3) is 0.632. The quantitative estimate of drug-likeness (QED) is 0.791. The first-order valence-corrected chi connectivity index (χ1v) is 9.04. The Labute approximate surface area is 149 Å². The number of ether oxygens (including phenoxy) is 3. The molecule has 1 aromatic carbocycles. The number of benzene rings is 1. The lowest BCUT2D eigenvalue weighted by atomic mass is 9.57. The summed E-state index contributed by atoms with van der Waals surface area (Å²) in [5.41, 5.74) is 0.892. The highest BCUT2D eigenvalue weighted by atomic mass is 16.5. The van der Waals surface area contributed by atoms with E-state index in [0.29, 0.717) is 12.6 Å². The molecule has 3 rings (SSSR count). The molecular formula is C19H28N2O4. The van der Waals surface area contributed by atoms with Gasteiger partial charge in [0.15, 0.2) is 0 Å². The lowest BCUT2D eigenvalue weighted by Gasteiger charge is -2.57. The molecular weight excluding hydrogens is 320 g/mol. The van der Waals surface area contributed by atoms with Gasteiger partial charge in [0.1, 0.15) is 5.75 Å². The molecule has 2 atom stereocenters. The maximum atomic E-state index is 12.2. The summed E-state index contributed by atoms with van der Waals surface area (Å²) in [6.45, 7) is 4.63. The van der Waals surface area contributed by atoms with E-state index in [1.807, 2.05) is 31.2 Å². The Hall–Kier alpha value is -1.63. The van der Waals surface area contributed by atoms with Crippen LogP contribution in [0.3, 0.4) is 0 Å². The van der Waals surface area contributed by atoms with E-state index in [4.69, 9.17) is 14.2 Å². The van der Waals surface area contributed by atoms with E-state index in [9.17, 15) is 4.79 Å². The van der Waals surface area contributed by atoms with Gasteiger partial charge in [-0.15, -0.1) is 0 Å². The molecule has 2 aliphatic rings. The summed E-state index contributed by atoms with van der Waals surface area (Å²) in [7, 11) is 1.62. The number of carbonyl (C=O) groups is 1. The summed E-state index contributed by atoms with van der Waals surface area (Å²) in [5, 5.41) is 6.35. The highest BCUT2D eigenvalue weighted by Crippen LogP contribution is 2.50. The van der Waals surface area contributed by atoms with E-state index in [0.717, 1.165) is 50.5 Å². The van der Waals surface area contributed by atoms with Crippen LogP contribution in [-0.2, 0) is 14.3 Å². The zero-order valence-electron chi connectivity index (χ0n) is 15.0. The summed E-state index contributed by atoms with van der Waals surface area (Å²) in [4.78, 5) is 12.2. The van der Waals surface area contributed by atoms with Gasteiger partial charge in [0.25, 0.3) is 0 Å². The molecule has 0 radical (unpaired) electrons. The lowest BCUT2D eigenvalue weighted by molar-refractivity contribution is -0.173. The van der Waals surface area contributed by atoms with Crippen LogP contribution in [0.5, 0.6) is 5.75 Å². The molecule has 1 aliphatic heterocycles. The Balaban J connectivity index is 1.51. The minimum absolute atomic E-state index is 0.0350. The highest BCUT2D eigenvalue weighted by Gasteiger charge is 2.55. The molecule has 2 fully saturated rings. The van der Waals surface area contributed by atoms with Crippen molar-refractivity contribution in [1.29, 1.82) is 0 Å². The Morgan fingerprint density at radius 2 is 2.00 bits per heavy atom. The number of rotatable bonds is 7. The molecule has 0 unspecified atom stereocenters. The molecule has 0 bridgehead atoms. The van der Waals surface area contributed by atoms with Gasteiger partial charge in [-0.3, -0.25) is 4.79 Å². The first-order valence-electron chi connectivity index (χ1n) is 9.04. The topological polar surface area (TPSA) is 68.8 Å². The fourth-order valence-electron chi connectivity index (χ4n) is 3.99. The largest absolute Gasteiger partial charge is 0.497 e. The Morgan fingerprint density at radius 3 is 2.64 bits per heavy atom. The Kier molecular flexibility index (Phi) is 5.93. The van der Waals surface area contributed by atoms with Crippen molar-refractivity contribution in [1.82, 2.24) is 5.32 Å². The van der Waals surface area contributed by atoms with Crippen molar-refractivity contribution in [2.75, 3.05) is 38.8 Å². The second-order valence-electron chi connectivity index (χ2n) is 6.74. The van der Waals surface area contributed by atoms with Crippen LogP contribution in [0.1, 0.15) is 26.2 Å². The van der Waals surface area contributed by atoms with E-state index in [2.05, 4.69) is 10.6 Å². The van der Waals surface area contributed by atoms with Crippen molar-refractivity contribution in [3.05, 3.63) is 24.3 Å². The summed E-state index contributed by atoms with van der Waals surface area (Å²) in [5.74, 6) is 0.737. The van der Waals surface area contributed by atoms with Gasteiger partial charge in [-0.2, -0.15) is 0 Å². The highest BCUT2D eigenvalue weighted by molar-refractivity contribution is 5.92. The van der Waals surface area contributed by atoms with Gasteiger partial charge in [-0.05, 0) is 50.5 Å². The van der Waals surface area contributed by atoms with Gasteiger partial charge in [0.2, 0.25) is 5.91 Å². The molecule has 1 amide bonds. The number of methoxy groups -OCH3 is 1. The predicted molar refractivity (Wildman–Crippen MR) is 95.9 cm³/mol. The third-order valence-electron chi connectivity index (χ3n) is 5.46. The summed E-state index contributed by atoms with van der Waals surface area (Å²) >= 11 is 0. The van der Waals surface area contributed by atoms with Crippen molar-refractivity contribution in [3.8, 4) is 5.75 Å². The number of amides is 1. The van der Waals surface area contributed by atoms with Crippen molar-refractivity contribution < 1.29 is 19.0 Å². The minimum atomic E-state index is -0.0350. The van der Waals surface area contributed by atoms with Gasteiger partial charge < -0.3 is 24.8 Å². The first kappa shape index (κ1) is 18.2. The number of hydrogen-bond donors (Lipinski definition) is 2. The monoisotopic (exact) mass is 348 g/mol. The van der Waals surface area contributed by atoms with Crippen molar-refractivity contribution in [2.24, 2.45) is 5.41 Å². The van der Waals surface area contributed by atoms with Gasteiger partial charge in [-0.1, -0.05) is 0 Å². The van der Waals surface area contributed by atoms with Crippen molar-refractivity contribution >= 4 is 11.6 Å². The van der Waals surface area contributed by atoms with Gasteiger partial charge in [-0.25, -0.2) is 0 Å². The molecule has 6 nitrogen and oxygen atoms in total. The fourth-order valence-corrected chi connectivity index (χ4v) is 3.99. The van der Waals surface area contributed by atoms with Crippen LogP contribution >= 0.6 is 0 Å². The number of anilines is 1. The van der Waals surface area contributed by atoms with Crippen LogP contribution in [-0.4, -0.2) is 51.5 Å². The van der Waals surface area contributed by atoms with Crippen LogP contribution in [0.15, 0.2) is 24.3 Å². The van der Waals surface area contributed by atoms with Crippen molar-refractivity contribution in [3.63, 3.8) is 0 Å². The van der Waals surface area contributed by atoms with Crippen LogP contribution in [0.4, 0.5) is 5.69 Å². The maximum Gasteiger partial charge on any atom is 0.238 e. The molecule has 6 heteroatoms.